The predicted molar refractivity (Wildman–Crippen MR) is 139 cm³/mol. The van der Waals surface area contributed by atoms with E-state index in [0.29, 0.717) is 18.7 Å². The molecule has 2 bridgehead atoms. The maximum Gasteiger partial charge on any atom is 0.258 e. The van der Waals surface area contributed by atoms with Crippen LogP contribution in [-0.4, -0.2) is 84.0 Å². The van der Waals surface area contributed by atoms with E-state index in [0.717, 1.165) is 63.5 Å². The van der Waals surface area contributed by atoms with Crippen LogP contribution in [-0.2, 0) is 16.1 Å². The van der Waals surface area contributed by atoms with Gasteiger partial charge in [-0.15, -0.1) is 0 Å². The maximum atomic E-state index is 13.6. The molecule has 0 radical (unpaired) electrons. The Kier molecular flexibility index (Phi) is 7.86. The monoisotopic (exact) mass is 494 g/mol. The van der Waals surface area contributed by atoms with Crippen LogP contribution in [0.3, 0.4) is 0 Å². The number of aromatic nitrogens is 1. The first-order chi connectivity index (χ1) is 17.6. The average Bonchev–Trinajstić information content (AvgIpc) is 3.12. The number of aliphatic hydroxyl groups excluding tert-OH is 1. The number of pyridine rings is 1. The van der Waals surface area contributed by atoms with Gasteiger partial charge in [-0.25, -0.2) is 0 Å². The first-order valence-corrected chi connectivity index (χ1v) is 13.4. The van der Waals surface area contributed by atoms with Gasteiger partial charge in [0.2, 0.25) is 5.91 Å². The third-order valence-corrected chi connectivity index (χ3v) is 8.09. The number of carbonyl (C=O) groups excluding carboxylic acids is 1. The smallest absolute Gasteiger partial charge is 0.258 e. The van der Waals surface area contributed by atoms with Crippen molar-refractivity contribution >= 4 is 5.91 Å². The summed E-state index contributed by atoms with van der Waals surface area (Å²) in [7, 11) is 0. The average molecular weight is 495 g/mol. The molecular formula is C28H38N4O4. The van der Waals surface area contributed by atoms with Gasteiger partial charge in [0.25, 0.3) is 5.56 Å². The third-order valence-electron chi connectivity index (χ3n) is 8.09. The molecule has 1 aromatic carbocycles. The van der Waals surface area contributed by atoms with Crippen molar-refractivity contribution in [1.29, 1.82) is 0 Å². The Bertz CT molecular complexity index is 1100. The van der Waals surface area contributed by atoms with Crippen molar-refractivity contribution in [2.45, 2.75) is 38.4 Å². The van der Waals surface area contributed by atoms with Gasteiger partial charge in [-0.05, 0) is 43.6 Å². The molecule has 0 unspecified atom stereocenters. The topological polar surface area (TPSA) is 87.0 Å². The molecule has 2 fully saturated rings. The molecule has 0 spiro atoms. The summed E-state index contributed by atoms with van der Waals surface area (Å²) in [6, 6.07) is 13.4. The zero-order chi connectivity index (χ0) is 25.1. The largest absolute Gasteiger partial charge is 0.396 e. The van der Waals surface area contributed by atoms with E-state index in [-0.39, 0.29) is 42.0 Å². The number of nitrogens with one attached hydrogen (secondary N) is 1. The molecular weight excluding hydrogens is 456 g/mol. The summed E-state index contributed by atoms with van der Waals surface area (Å²) in [4.78, 5) is 31.9. The third kappa shape index (κ3) is 4.75. The van der Waals surface area contributed by atoms with Crippen molar-refractivity contribution in [3.63, 3.8) is 0 Å². The Morgan fingerprint density at radius 1 is 1.11 bits per heavy atom. The van der Waals surface area contributed by atoms with E-state index >= 15 is 0 Å². The van der Waals surface area contributed by atoms with E-state index in [2.05, 4.69) is 22.0 Å². The summed E-state index contributed by atoms with van der Waals surface area (Å²) in [5.41, 5.74) is 2.43. The van der Waals surface area contributed by atoms with Crippen LogP contribution in [0.2, 0.25) is 0 Å². The van der Waals surface area contributed by atoms with Gasteiger partial charge in [0.05, 0.1) is 25.2 Å². The number of hydrogen-bond donors (Lipinski definition) is 2. The number of aliphatic hydroxyl groups is 1. The second kappa shape index (κ2) is 11.3. The zero-order valence-corrected chi connectivity index (χ0v) is 21.1. The van der Waals surface area contributed by atoms with Crippen LogP contribution in [0.15, 0.2) is 47.3 Å². The Balaban J connectivity index is 1.38. The number of hydrogen-bond acceptors (Lipinski definition) is 6. The molecule has 36 heavy (non-hydrogen) atoms. The molecule has 2 aromatic rings. The zero-order valence-electron chi connectivity index (χ0n) is 21.1. The Labute approximate surface area is 212 Å². The van der Waals surface area contributed by atoms with Crippen LogP contribution >= 0.6 is 0 Å². The van der Waals surface area contributed by atoms with Crippen molar-refractivity contribution in [3.05, 3.63) is 58.5 Å². The fraction of sp³-hybridized carbons (Fsp3) is 0.571. The molecule has 194 valence electrons. The number of amides is 1. The molecule has 1 aromatic heterocycles. The van der Waals surface area contributed by atoms with Crippen molar-refractivity contribution in [2.75, 3.05) is 52.5 Å². The minimum Gasteiger partial charge on any atom is -0.396 e. The van der Waals surface area contributed by atoms with Crippen LogP contribution in [0.1, 0.15) is 31.5 Å². The van der Waals surface area contributed by atoms with Gasteiger partial charge in [-0.1, -0.05) is 37.3 Å². The SMILES string of the molecule is CCCN1[C@@H]2c3ccc(-c4ccccc4)c(=O)n3C[C@H]1[C@H](CO)[C@H]2C(=O)NCCCN1CCOCC1. The van der Waals surface area contributed by atoms with Gasteiger partial charge in [0, 0.05) is 56.0 Å². The summed E-state index contributed by atoms with van der Waals surface area (Å²) in [5.74, 6) is -0.608. The van der Waals surface area contributed by atoms with Crippen molar-refractivity contribution in [3.8, 4) is 11.1 Å². The number of ether oxygens (including phenoxy) is 1. The molecule has 1 amide bonds. The lowest BCUT2D eigenvalue weighted by Crippen LogP contribution is -2.47. The molecule has 0 aliphatic carbocycles. The summed E-state index contributed by atoms with van der Waals surface area (Å²) >= 11 is 0. The molecule has 2 saturated heterocycles. The number of carbonyl (C=O) groups is 1. The van der Waals surface area contributed by atoms with Gasteiger partial charge in [0.1, 0.15) is 0 Å². The quantitative estimate of drug-likeness (QED) is 0.517. The molecule has 0 saturated carbocycles. The highest BCUT2D eigenvalue weighted by atomic mass is 16.5. The molecule has 4 atom stereocenters. The standard InChI is InChI=1S/C28H38N4O4/c1-2-12-31-24-18-32-23(10-9-21(28(32)35)20-7-4-3-5-8-20)26(31)25(22(24)19-33)27(34)29-11-6-13-30-14-16-36-17-15-30/h3-5,7-10,22,24-26,33H,2,6,11-19H2,1H3,(H,29,34)/t22-,24-,25+,26+/m0/s1. The summed E-state index contributed by atoms with van der Waals surface area (Å²) in [6.45, 7) is 8.36. The highest BCUT2D eigenvalue weighted by Gasteiger charge is 2.55. The minimum absolute atomic E-state index is 0.0161. The molecule has 8 heteroatoms. The number of benzene rings is 1. The lowest BCUT2D eigenvalue weighted by molar-refractivity contribution is -0.127. The van der Waals surface area contributed by atoms with Gasteiger partial charge < -0.3 is 19.7 Å². The predicted octanol–water partition coefficient (Wildman–Crippen LogP) is 1.73. The fourth-order valence-electron chi connectivity index (χ4n) is 6.38. The number of rotatable bonds is 9. The van der Waals surface area contributed by atoms with Crippen LogP contribution in [0, 0.1) is 11.8 Å². The van der Waals surface area contributed by atoms with E-state index in [1.54, 1.807) is 0 Å². The summed E-state index contributed by atoms with van der Waals surface area (Å²) in [5, 5.41) is 13.6. The Morgan fingerprint density at radius 3 is 2.61 bits per heavy atom. The second-order valence-corrected chi connectivity index (χ2v) is 10.2. The first kappa shape index (κ1) is 25.1. The molecule has 3 aliphatic rings. The fourth-order valence-corrected chi connectivity index (χ4v) is 6.38. The van der Waals surface area contributed by atoms with Crippen LogP contribution in [0.4, 0.5) is 0 Å². The van der Waals surface area contributed by atoms with Crippen molar-refractivity contribution in [2.24, 2.45) is 11.8 Å². The summed E-state index contributed by atoms with van der Waals surface area (Å²) < 4.78 is 7.27. The highest BCUT2D eigenvalue weighted by Crippen LogP contribution is 2.48. The van der Waals surface area contributed by atoms with E-state index < -0.39 is 0 Å². The maximum absolute atomic E-state index is 13.6. The van der Waals surface area contributed by atoms with Gasteiger partial charge >= 0.3 is 0 Å². The van der Waals surface area contributed by atoms with Crippen LogP contribution < -0.4 is 10.9 Å². The Hall–Kier alpha value is -2.52. The van der Waals surface area contributed by atoms with E-state index in [4.69, 9.17) is 4.74 Å². The Morgan fingerprint density at radius 2 is 1.89 bits per heavy atom. The second-order valence-electron chi connectivity index (χ2n) is 10.2. The lowest BCUT2D eigenvalue weighted by Gasteiger charge is -2.38. The normalized spacial score (nSPS) is 26.1. The molecule has 8 nitrogen and oxygen atoms in total. The van der Waals surface area contributed by atoms with E-state index in [1.807, 2.05) is 47.0 Å². The van der Waals surface area contributed by atoms with Crippen LogP contribution in [0.25, 0.3) is 11.1 Å². The lowest BCUT2D eigenvalue weighted by atomic mass is 9.86. The van der Waals surface area contributed by atoms with Crippen LogP contribution in [0.5, 0.6) is 0 Å². The number of morpholine rings is 1. The van der Waals surface area contributed by atoms with Gasteiger partial charge in [0.15, 0.2) is 0 Å². The van der Waals surface area contributed by atoms with E-state index in [9.17, 15) is 14.7 Å². The number of nitrogens with zero attached hydrogens (tertiary/aromatic N) is 3. The van der Waals surface area contributed by atoms with Crippen molar-refractivity contribution in [1.82, 2.24) is 19.7 Å². The highest BCUT2D eigenvalue weighted by molar-refractivity contribution is 5.80. The summed E-state index contributed by atoms with van der Waals surface area (Å²) in [6.07, 6.45) is 1.83. The minimum atomic E-state index is -0.384. The molecule has 5 rings (SSSR count). The molecule has 4 heterocycles. The van der Waals surface area contributed by atoms with Gasteiger partial charge in [-0.3, -0.25) is 19.4 Å². The number of fused-ring (bicyclic) bond motifs is 4. The van der Waals surface area contributed by atoms with E-state index in [1.165, 1.54) is 0 Å². The molecule has 2 N–H and O–H groups in total. The first-order valence-electron chi connectivity index (χ1n) is 13.4. The molecule has 3 aliphatic heterocycles. The van der Waals surface area contributed by atoms with Gasteiger partial charge in [-0.2, -0.15) is 0 Å². The van der Waals surface area contributed by atoms with Crippen molar-refractivity contribution < 1.29 is 14.6 Å².